The standard InChI is InChI=1S/C24H36N2O8S/c1-8-15-33-22(28)25(23(29)34-16-9-2)26(35(7,30)31)20-17-19(12-10-11-18(3)4)13-14-24(20,5)21(27)32-6/h8-9,11,17,20H,1-2,10,12-16H2,3-7H3/t20-,24-/m1/s1. The lowest BCUT2D eigenvalue weighted by molar-refractivity contribution is -0.157. The molecule has 0 unspecified atom stereocenters. The Morgan fingerprint density at radius 2 is 1.69 bits per heavy atom. The van der Waals surface area contributed by atoms with E-state index >= 15 is 0 Å². The highest BCUT2D eigenvalue weighted by molar-refractivity contribution is 7.88. The molecule has 0 saturated heterocycles. The van der Waals surface area contributed by atoms with E-state index in [2.05, 4.69) is 13.2 Å². The van der Waals surface area contributed by atoms with Gasteiger partial charge in [-0.25, -0.2) is 18.0 Å². The maximum Gasteiger partial charge on any atom is 0.435 e. The van der Waals surface area contributed by atoms with Crippen molar-refractivity contribution in [1.82, 2.24) is 9.42 Å². The van der Waals surface area contributed by atoms with Crippen molar-refractivity contribution in [3.05, 3.63) is 48.6 Å². The Bertz CT molecular complexity index is 957. The van der Waals surface area contributed by atoms with Crippen molar-refractivity contribution < 1.29 is 37.0 Å². The summed E-state index contributed by atoms with van der Waals surface area (Å²) >= 11 is 0. The van der Waals surface area contributed by atoms with Crippen LogP contribution in [-0.4, -0.2) is 68.6 Å². The quantitative estimate of drug-likeness (QED) is 0.175. The van der Waals surface area contributed by atoms with Crippen LogP contribution in [0.5, 0.6) is 0 Å². The van der Waals surface area contributed by atoms with Crippen LogP contribution in [0.1, 0.15) is 46.5 Å². The van der Waals surface area contributed by atoms with Gasteiger partial charge in [-0.15, -0.1) is 5.01 Å². The van der Waals surface area contributed by atoms with E-state index in [0.717, 1.165) is 17.4 Å². The first-order valence-corrected chi connectivity index (χ1v) is 12.9. The van der Waals surface area contributed by atoms with Crippen molar-refractivity contribution >= 4 is 28.2 Å². The number of ether oxygens (including phenoxy) is 3. The summed E-state index contributed by atoms with van der Waals surface area (Å²) in [4.78, 5) is 38.7. The van der Waals surface area contributed by atoms with Crippen LogP contribution >= 0.6 is 0 Å². The van der Waals surface area contributed by atoms with Crippen molar-refractivity contribution in [2.24, 2.45) is 5.41 Å². The van der Waals surface area contributed by atoms with Gasteiger partial charge in [0.15, 0.2) is 0 Å². The van der Waals surface area contributed by atoms with Gasteiger partial charge in [-0.3, -0.25) is 4.79 Å². The van der Waals surface area contributed by atoms with E-state index in [1.165, 1.54) is 26.2 Å². The van der Waals surface area contributed by atoms with Crippen molar-refractivity contribution in [2.75, 3.05) is 26.6 Å². The Hall–Kier alpha value is -2.92. The van der Waals surface area contributed by atoms with Gasteiger partial charge in [0.05, 0.1) is 24.8 Å². The zero-order valence-corrected chi connectivity index (χ0v) is 21.9. The molecule has 1 aliphatic rings. The molecule has 0 fully saturated rings. The van der Waals surface area contributed by atoms with E-state index in [4.69, 9.17) is 14.2 Å². The van der Waals surface area contributed by atoms with Crippen LogP contribution in [-0.2, 0) is 29.0 Å². The second-order valence-electron chi connectivity index (χ2n) is 8.58. The number of sulfonamides is 1. The number of carbonyl (C=O) groups is 3. The van der Waals surface area contributed by atoms with Crippen LogP contribution < -0.4 is 0 Å². The van der Waals surface area contributed by atoms with Gasteiger partial charge in [0.2, 0.25) is 10.0 Å². The average molecular weight is 513 g/mol. The number of carbonyl (C=O) groups excluding carboxylic acids is 3. The summed E-state index contributed by atoms with van der Waals surface area (Å²) in [5, 5.41) is 0.254. The molecule has 0 radical (unpaired) electrons. The van der Waals surface area contributed by atoms with Gasteiger partial charge in [-0.1, -0.05) is 53.0 Å². The van der Waals surface area contributed by atoms with Crippen LogP contribution in [0.4, 0.5) is 9.59 Å². The topological polar surface area (TPSA) is 120 Å². The van der Waals surface area contributed by atoms with Crippen molar-refractivity contribution in [1.29, 1.82) is 0 Å². The summed E-state index contributed by atoms with van der Waals surface area (Å²) in [7, 11) is -3.14. The van der Waals surface area contributed by atoms with Gasteiger partial charge in [0, 0.05) is 0 Å². The Kier molecular flexibility index (Phi) is 11.4. The Labute approximate surface area is 207 Å². The molecule has 0 aromatic carbocycles. The molecule has 2 amide bonds. The molecule has 1 aliphatic carbocycles. The first-order valence-electron chi connectivity index (χ1n) is 11.1. The fourth-order valence-electron chi connectivity index (χ4n) is 3.67. The van der Waals surface area contributed by atoms with E-state index < -0.39 is 39.6 Å². The molecule has 2 atom stereocenters. The molecule has 10 nitrogen and oxygen atoms in total. The zero-order chi connectivity index (χ0) is 26.8. The molecule has 1 rings (SSSR count). The first-order chi connectivity index (χ1) is 16.3. The van der Waals surface area contributed by atoms with E-state index in [1.54, 1.807) is 6.08 Å². The molecule has 0 aromatic rings. The summed E-state index contributed by atoms with van der Waals surface area (Å²) in [5.74, 6) is -0.686. The molecule has 0 spiro atoms. The molecular formula is C24H36N2O8S. The lowest BCUT2D eigenvalue weighted by Crippen LogP contribution is -2.62. The largest absolute Gasteiger partial charge is 0.469 e. The second kappa shape index (κ2) is 13.2. The minimum Gasteiger partial charge on any atom is -0.469 e. The maximum atomic E-state index is 13.1. The van der Waals surface area contributed by atoms with Crippen LogP contribution in [0.2, 0.25) is 0 Å². The van der Waals surface area contributed by atoms with Crippen LogP contribution in [0.3, 0.4) is 0 Å². The first kappa shape index (κ1) is 30.1. The smallest absolute Gasteiger partial charge is 0.435 e. The molecule has 11 heteroatoms. The van der Waals surface area contributed by atoms with E-state index in [-0.39, 0.29) is 24.6 Å². The Morgan fingerprint density at radius 3 is 2.11 bits per heavy atom. The minimum atomic E-state index is -4.33. The van der Waals surface area contributed by atoms with Crippen LogP contribution in [0, 0.1) is 5.41 Å². The lowest BCUT2D eigenvalue weighted by atomic mass is 9.72. The lowest BCUT2D eigenvalue weighted by Gasteiger charge is -2.44. The third-order valence-electron chi connectivity index (χ3n) is 5.45. The number of allylic oxidation sites excluding steroid dienone is 3. The van der Waals surface area contributed by atoms with E-state index in [9.17, 15) is 22.8 Å². The monoisotopic (exact) mass is 512 g/mol. The number of rotatable bonds is 11. The van der Waals surface area contributed by atoms with Crippen LogP contribution in [0.15, 0.2) is 48.6 Å². The molecule has 196 valence electrons. The van der Waals surface area contributed by atoms with Gasteiger partial charge in [0.25, 0.3) is 0 Å². The Balaban J connectivity index is 3.72. The van der Waals surface area contributed by atoms with Gasteiger partial charge in [-0.05, 0) is 46.5 Å². The predicted molar refractivity (Wildman–Crippen MR) is 132 cm³/mol. The van der Waals surface area contributed by atoms with Crippen molar-refractivity contribution in [3.63, 3.8) is 0 Å². The fourth-order valence-corrected chi connectivity index (χ4v) is 4.81. The average Bonchev–Trinajstić information content (AvgIpc) is 2.79. The number of amides is 2. The molecule has 0 aliphatic heterocycles. The van der Waals surface area contributed by atoms with Crippen LogP contribution in [0.25, 0.3) is 0 Å². The highest BCUT2D eigenvalue weighted by Crippen LogP contribution is 2.42. The molecule has 0 saturated carbocycles. The summed E-state index contributed by atoms with van der Waals surface area (Å²) in [6.45, 7) is 11.8. The third-order valence-corrected chi connectivity index (χ3v) is 6.52. The normalized spacial score (nSPS) is 19.7. The molecule has 35 heavy (non-hydrogen) atoms. The van der Waals surface area contributed by atoms with Gasteiger partial charge < -0.3 is 14.2 Å². The number of nitrogens with zero attached hydrogens (tertiary/aromatic N) is 2. The number of hydrogen-bond donors (Lipinski definition) is 0. The molecule has 0 aromatic heterocycles. The van der Waals surface area contributed by atoms with Gasteiger partial charge in [0.1, 0.15) is 13.2 Å². The summed E-state index contributed by atoms with van der Waals surface area (Å²) in [6.07, 6.45) is 6.45. The summed E-state index contributed by atoms with van der Waals surface area (Å²) < 4.78 is 41.7. The Morgan fingerprint density at radius 1 is 1.14 bits per heavy atom. The number of imide groups is 1. The van der Waals surface area contributed by atoms with Crippen molar-refractivity contribution in [2.45, 2.75) is 52.5 Å². The molecule has 0 bridgehead atoms. The fraction of sp³-hybridized carbons (Fsp3) is 0.542. The second-order valence-corrected chi connectivity index (χ2v) is 10.4. The number of methoxy groups -OCH3 is 1. The van der Waals surface area contributed by atoms with E-state index in [0.29, 0.717) is 23.7 Å². The SMILES string of the molecule is C=CCOC(=O)N(C(=O)OCC=C)N([C@@H]1C=C(CCC=C(C)C)CC[C@@]1(C)C(=O)OC)S(C)(=O)=O. The zero-order valence-electron chi connectivity index (χ0n) is 21.1. The molecule has 0 N–H and O–H groups in total. The maximum absolute atomic E-state index is 13.1. The third kappa shape index (κ3) is 8.07. The summed E-state index contributed by atoms with van der Waals surface area (Å²) in [6, 6.07) is -1.27. The highest BCUT2D eigenvalue weighted by atomic mass is 32.2. The molecular weight excluding hydrogens is 476 g/mol. The van der Waals surface area contributed by atoms with Gasteiger partial charge >= 0.3 is 18.2 Å². The number of hydrogen-bond acceptors (Lipinski definition) is 8. The number of esters is 1. The number of hydrazine groups is 1. The predicted octanol–water partition coefficient (Wildman–Crippen LogP) is 4.12. The molecule has 0 heterocycles. The summed E-state index contributed by atoms with van der Waals surface area (Å²) in [5.41, 5.74) is 0.602. The minimum absolute atomic E-state index is 0.230. The van der Waals surface area contributed by atoms with E-state index in [1.807, 2.05) is 19.9 Å². The van der Waals surface area contributed by atoms with Crippen molar-refractivity contribution in [3.8, 4) is 0 Å². The van der Waals surface area contributed by atoms with Gasteiger partial charge in [-0.2, -0.15) is 0 Å². The highest BCUT2D eigenvalue weighted by Gasteiger charge is 2.53.